The zero-order valence-electron chi connectivity index (χ0n) is 20.9. The van der Waals surface area contributed by atoms with Crippen molar-refractivity contribution in [2.24, 2.45) is 0 Å². The van der Waals surface area contributed by atoms with E-state index in [0.717, 1.165) is 32.3 Å². The fourth-order valence-electron chi connectivity index (χ4n) is 4.15. The summed E-state index contributed by atoms with van der Waals surface area (Å²) in [4.78, 5) is 23.4. The largest absolute Gasteiger partial charge is 0.466 e. The number of ether oxygens (including phenoxy) is 3. The van der Waals surface area contributed by atoms with Crippen molar-refractivity contribution in [3.63, 3.8) is 0 Å². The maximum atomic E-state index is 11.7. The van der Waals surface area contributed by atoms with E-state index in [1.165, 1.54) is 89.9 Å². The molecule has 1 unspecified atom stereocenters. The highest BCUT2D eigenvalue weighted by atomic mass is 16.6. The summed E-state index contributed by atoms with van der Waals surface area (Å²) in [6.07, 6.45) is 23.4. The first-order valence-electron chi connectivity index (χ1n) is 13.6. The summed E-state index contributed by atoms with van der Waals surface area (Å²) in [7, 11) is 0. The standard InChI is InChI=1S/C27H50O5/c1-2-3-4-5-6-7-8-9-10-11-12-13-14-15-16-17-22-31-26(28)20-21-27(29)32-24-25-19-18-23-30-25/h25H,2-24H2,1H3. The van der Waals surface area contributed by atoms with Gasteiger partial charge in [0, 0.05) is 6.61 Å². The lowest BCUT2D eigenvalue weighted by Gasteiger charge is -2.10. The number of carbonyl (C=O) groups excluding carboxylic acids is 2. The van der Waals surface area contributed by atoms with Gasteiger partial charge in [0.1, 0.15) is 6.61 Å². The van der Waals surface area contributed by atoms with Gasteiger partial charge in [0.25, 0.3) is 0 Å². The molecule has 0 aromatic rings. The summed E-state index contributed by atoms with van der Waals surface area (Å²) in [6.45, 7) is 3.78. The third-order valence-electron chi connectivity index (χ3n) is 6.25. The Balaban J connectivity index is 1.74. The van der Waals surface area contributed by atoms with Gasteiger partial charge < -0.3 is 14.2 Å². The average Bonchev–Trinajstić information content (AvgIpc) is 3.32. The molecule has 5 nitrogen and oxygen atoms in total. The van der Waals surface area contributed by atoms with Crippen LogP contribution in [0.1, 0.15) is 135 Å². The number of carbonyl (C=O) groups is 2. The monoisotopic (exact) mass is 454 g/mol. The van der Waals surface area contributed by atoms with E-state index in [9.17, 15) is 9.59 Å². The Morgan fingerprint density at radius 1 is 0.688 bits per heavy atom. The van der Waals surface area contributed by atoms with Gasteiger partial charge in [-0.1, -0.05) is 103 Å². The van der Waals surface area contributed by atoms with Crippen LogP contribution in [-0.4, -0.2) is 37.9 Å². The van der Waals surface area contributed by atoms with Gasteiger partial charge in [-0.15, -0.1) is 0 Å². The molecular formula is C27H50O5. The van der Waals surface area contributed by atoms with Crippen LogP contribution < -0.4 is 0 Å². The van der Waals surface area contributed by atoms with Crippen LogP contribution in [-0.2, 0) is 23.8 Å². The molecule has 1 heterocycles. The first-order valence-corrected chi connectivity index (χ1v) is 13.6. The number of esters is 2. The zero-order chi connectivity index (χ0) is 23.1. The smallest absolute Gasteiger partial charge is 0.306 e. The van der Waals surface area contributed by atoms with Gasteiger partial charge in [0.05, 0.1) is 25.6 Å². The molecule has 0 amide bonds. The van der Waals surface area contributed by atoms with Crippen LogP contribution in [0.5, 0.6) is 0 Å². The van der Waals surface area contributed by atoms with E-state index in [-0.39, 0.29) is 30.9 Å². The first-order chi connectivity index (χ1) is 15.7. The fourth-order valence-corrected chi connectivity index (χ4v) is 4.15. The van der Waals surface area contributed by atoms with Crippen molar-refractivity contribution < 1.29 is 23.8 Å². The van der Waals surface area contributed by atoms with E-state index in [4.69, 9.17) is 14.2 Å². The Kier molecular flexibility index (Phi) is 19.6. The molecule has 1 aliphatic heterocycles. The molecule has 0 aliphatic carbocycles. The number of hydrogen-bond acceptors (Lipinski definition) is 5. The van der Waals surface area contributed by atoms with Gasteiger partial charge in [0.2, 0.25) is 0 Å². The molecule has 1 rings (SSSR count). The van der Waals surface area contributed by atoms with Crippen molar-refractivity contribution in [2.45, 2.75) is 141 Å². The van der Waals surface area contributed by atoms with Crippen LogP contribution in [0.25, 0.3) is 0 Å². The molecule has 0 aromatic carbocycles. The van der Waals surface area contributed by atoms with E-state index < -0.39 is 0 Å². The van der Waals surface area contributed by atoms with E-state index in [1.807, 2.05) is 0 Å². The molecule has 0 bridgehead atoms. The van der Waals surface area contributed by atoms with Gasteiger partial charge >= 0.3 is 11.9 Å². The minimum absolute atomic E-state index is 0.0285. The number of unbranched alkanes of at least 4 members (excludes halogenated alkanes) is 15. The van der Waals surface area contributed by atoms with E-state index in [2.05, 4.69) is 6.92 Å². The third kappa shape index (κ3) is 18.5. The normalized spacial score (nSPS) is 15.7. The lowest BCUT2D eigenvalue weighted by molar-refractivity contribution is -0.152. The van der Waals surface area contributed by atoms with Gasteiger partial charge in [-0.3, -0.25) is 9.59 Å². The summed E-state index contributed by atoms with van der Waals surface area (Å²) < 4.78 is 15.8. The molecule has 0 saturated carbocycles. The van der Waals surface area contributed by atoms with Crippen molar-refractivity contribution in [1.29, 1.82) is 0 Å². The minimum Gasteiger partial charge on any atom is -0.466 e. The highest BCUT2D eigenvalue weighted by Crippen LogP contribution is 2.14. The number of hydrogen-bond donors (Lipinski definition) is 0. The maximum absolute atomic E-state index is 11.7. The van der Waals surface area contributed by atoms with Crippen LogP contribution in [0.15, 0.2) is 0 Å². The van der Waals surface area contributed by atoms with Crippen molar-refractivity contribution in [3.8, 4) is 0 Å². The molecule has 0 spiro atoms. The van der Waals surface area contributed by atoms with E-state index >= 15 is 0 Å². The Morgan fingerprint density at radius 2 is 1.16 bits per heavy atom. The summed E-state index contributed by atoms with van der Waals surface area (Å²) in [5, 5.41) is 0. The van der Waals surface area contributed by atoms with E-state index in [1.54, 1.807) is 0 Å². The van der Waals surface area contributed by atoms with Gasteiger partial charge in [-0.2, -0.15) is 0 Å². The van der Waals surface area contributed by atoms with Crippen molar-refractivity contribution in [2.75, 3.05) is 19.8 Å². The van der Waals surface area contributed by atoms with Crippen LogP contribution in [0, 0.1) is 0 Å². The minimum atomic E-state index is -0.347. The van der Waals surface area contributed by atoms with Gasteiger partial charge in [-0.05, 0) is 19.3 Å². The highest BCUT2D eigenvalue weighted by Gasteiger charge is 2.18. The van der Waals surface area contributed by atoms with Crippen molar-refractivity contribution in [1.82, 2.24) is 0 Å². The predicted molar refractivity (Wildman–Crippen MR) is 130 cm³/mol. The molecule has 188 valence electrons. The molecule has 1 atom stereocenters. The Bertz CT molecular complexity index is 445. The predicted octanol–water partition coefficient (Wildman–Crippen LogP) is 7.29. The molecular weight excluding hydrogens is 404 g/mol. The molecule has 1 aliphatic rings. The average molecular weight is 455 g/mol. The number of rotatable bonds is 22. The molecule has 1 fully saturated rings. The SMILES string of the molecule is CCCCCCCCCCCCCCCCCCOC(=O)CCC(=O)OCC1CCCO1. The van der Waals surface area contributed by atoms with Crippen molar-refractivity contribution >= 4 is 11.9 Å². The summed E-state index contributed by atoms with van der Waals surface area (Å²) >= 11 is 0. The van der Waals surface area contributed by atoms with Crippen LogP contribution in [0.2, 0.25) is 0 Å². The Labute approximate surface area is 197 Å². The topological polar surface area (TPSA) is 61.8 Å². The van der Waals surface area contributed by atoms with E-state index in [0.29, 0.717) is 13.2 Å². The molecule has 1 saturated heterocycles. The lowest BCUT2D eigenvalue weighted by atomic mass is 10.0. The first kappa shape index (κ1) is 28.9. The molecule has 0 N–H and O–H groups in total. The fraction of sp³-hybridized carbons (Fsp3) is 0.926. The quantitative estimate of drug-likeness (QED) is 0.127. The lowest BCUT2D eigenvalue weighted by Crippen LogP contribution is -2.18. The summed E-state index contributed by atoms with van der Waals surface area (Å²) in [5.74, 6) is -0.653. The third-order valence-corrected chi connectivity index (χ3v) is 6.25. The Morgan fingerprint density at radius 3 is 1.62 bits per heavy atom. The van der Waals surface area contributed by atoms with Crippen LogP contribution in [0.4, 0.5) is 0 Å². The highest BCUT2D eigenvalue weighted by molar-refractivity contribution is 5.77. The molecule has 0 aromatic heterocycles. The molecule has 0 radical (unpaired) electrons. The van der Waals surface area contributed by atoms with Crippen LogP contribution in [0.3, 0.4) is 0 Å². The second-order valence-electron chi connectivity index (χ2n) is 9.34. The second kappa shape index (κ2) is 21.7. The zero-order valence-corrected chi connectivity index (χ0v) is 20.9. The Hall–Kier alpha value is -1.10. The van der Waals surface area contributed by atoms with Gasteiger partial charge in [-0.25, -0.2) is 0 Å². The summed E-state index contributed by atoms with van der Waals surface area (Å²) in [5.41, 5.74) is 0. The van der Waals surface area contributed by atoms with Crippen LogP contribution >= 0.6 is 0 Å². The summed E-state index contributed by atoms with van der Waals surface area (Å²) in [6, 6.07) is 0. The molecule has 32 heavy (non-hydrogen) atoms. The maximum Gasteiger partial charge on any atom is 0.306 e. The second-order valence-corrected chi connectivity index (χ2v) is 9.34. The molecule has 5 heteroatoms. The van der Waals surface area contributed by atoms with Crippen molar-refractivity contribution in [3.05, 3.63) is 0 Å². The van der Waals surface area contributed by atoms with Gasteiger partial charge in [0.15, 0.2) is 0 Å².